The lowest BCUT2D eigenvalue weighted by atomic mass is 9.90. The molecule has 90 valence electrons. The van der Waals surface area contributed by atoms with Gasteiger partial charge in [-0.25, -0.2) is 0 Å². The number of aromatic hydroxyl groups is 1. The Morgan fingerprint density at radius 3 is 2.44 bits per heavy atom. The van der Waals surface area contributed by atoms with Gasteiger partial charge >= 0.3 is 0 Å². The van der Waals surface area contributed by atoms with Crippen molar-refractivity contribution in [3.63, 3.8) is 0 Å². The predicted octanol–water partition coefficient (Wildman–Crippen LogP) is 2.66. The maximum atomic E-state index is 12.1. The number of phenols is 1. The molecule has 0 aliphatic carbocycles. The Labute approximate surface area is 109 Å². The van der Waals surface area contributed by atoms with E-state index in [1.54, 1.807) is 18.2 Å². The van der Waals surface area contributed by atoms with Crippen LogP contribution in [0.3, 0.4) is 0 Å². The highest BCUT2D eigenvalue weighted by Crippen LogP contribution is 2.39. The van der Waals surface area contributed by atoms with Gasteiger partial charge in [0.15, 0.2) is 0 Å². The van der Waals surface area contributed by atoms with Crippen molar-refractivity contribution in [1.29, 1.82) is 0 Å². The SMILES string of the molecule is O=C1NSc2ccccc2C1c1ccccc1O. The van der Waals surface area contributed by atoms with Crippen molar-refractivity contribution in [2.24, 2.45) is 0 Å². The molecule has 1 amide bonds. The number of hydrogen-bond acceptors (Lipinski definition) is 3. The second-order valence-corrected chi connectivity index (χ2v) is 4.95. The maximum Gasteiger partial charge on any atom is 0.242 e. The highest BCUT2D eigenvalue weighted by atomic mass is 32.2. The minimum absolute atomic E-state index is 0.0970. The molecule has 0 saturated heterocycles. The van der Waals surface area contributed by atoms with Gasteiger partial charge in [0, 0.05) is 10.5 Å². The van der Waals surface area contributed by atoms with E-state index >= 15 is 0 Å². The van der Waals surface area contributed by atoms with Gasteiger partial charge in [-0.05, 0) is 29.6 Å². The van der Waals surface area contributed by atoms with E-state index in [2.05, 4.69) is 4.72 Å². The molecule has 1 aliphatic rings. The van der Waals surface area contributed by atoms with Gasteiger partial charge in [-0.2, -0.15) is 0 Å². The van der Waals surface area contributed by atoms with Crippen LogP contribution in [0.15, 0.2) is 53.4 Å². The molecule has 0 radical (unpaired) electrons. The first kappa shape index (κ1) is 11.2. The second-order valence-electron chi connectivity index (χ2n) is 4.10. The Morgan fingerprint density at radius 1 is 1.00 bits per heavy atom. The molecule has 2 N–H and O–H groups in total. The first-order valence-corrected chi connectivity index (χ1v) is 6.42. The van der Waals surface area contributed by atoms with Crippen LogP contribution in [0.2, 0.25) is 0 Å². The van der Waals surface area contributed by atoms with E-state index in [0.717, 1.165) is 10.5 Å². The third-order valence-electron chi connectivity index (χ3n) is 3.00. The van der Waals surface area contributed by atoms with Crippen molar-refractivity contribution >= 4 is 17.9 Å². The molecular weight excluding hydrogens is 246 g/mol. The first-order chi connectivity index (χ1) is 8.77. The molecule has 1 heterocycles. The van der Waals surface area contributed by atoms with E-state index < -0.39 is 5.92 Å². The van der Waals surface area contributed by atoms with E-state index in [9.17, 15) is 9.90 Å². The molecule has 18 heavy (non-hydrogen) atoms. The Morgan fingerprint density at radius 2 is 1.67 bits per heavy atom. The minimum atomic E-state index is -0.441. The third kappa shape index (κ3) is 1.75. The van der Waals surface area contributed by atoms with Crippen LogP contribution in [0.4, 0.5) is 0 Å². The van der Waals surface area contributed by atoms with Crippen LogP contribution in [0.5, 0.6) is 5.75 Å². The van der Waals surface area contributed by atoms with Gasteiger partial charge in [-0.3, -0.25) is 9.52 Å². The van der Waals surface area contributed by atoms with Crippen molar-refractivity contribution < 1.29 is 9.90 Å². The van der Waals surface area contributed by atoms with Gasteiger partial charge in [-0.1, -0.05) is 36.4 Å². The van der Waals surface area contributed by atoms with Crippen molar-refractivity contribution in [1.82, 2.24) is 4.72 Å². The molecule has 0 spiro atoms. The lowest BCUT2D eigenvalue weighted by molar-refractivity contribution is -0.120. The number of benzene rings is 2. The van der Waals surface area contributed by atoms with Gasteiger partial charge in [0.2, 0.25) is 5.91 Å². The van der Waals surface area contributed by atoms with E-state index in [0.29, 0.717) is 5.56 Å². The fourth-order valence-corrected chi connectivity index (χ4v) is 2.94. The van der Waals surface area contributed by atoms with Crippen LogP contribution in [-0.4, -0.2) is 11.0 Å². The van der Waals surface area contributed by atoms with Crippen LogP contribution >= 0.6 is 11.9 Å². The summed E-state index contributed by atoms with van der Waals surface area (Å²) in [6.45, 7) is 0. The lowest BCUT2D eigenvalue weighted by Crippen LogP contribution is -2.29. The maximum absolute atomic E-state index is 12.1. The molecule has 4 heteroatoms. The first-order valence-electron chi connectivity index (χ1n) is 5.61. The smallest absolute Gasteiger partial charge is 0.242 e. The van der Waals surface area contributed by atoms with Crippen molar-refractivity contribution in [3.8, 4) is 5.75 Å². The molecule has 0 aromatic heterocycles. The average Bonchev–Trinajstić information content (AvgIpc) is 2.40. The Kier molecular flexibility index (Phi) is 2.72. The minimum Gasteiger partial charge on any atom is -0.508 e. The van der Waals surface area contributed by atoms with Gasteiger partial charge in [0.05, 0.1) is 5.92 Å². The van der Waals surface area contributed by atoms with Crippen LogP contribution in [0.25, 0.3) is 0 Å². The molecule has 0 bridgehead atoms. The van der Waals surface area contributed by atoms with Gasteiger partial charge < -0.3 is 5.11 Å². The van der Waals surface area contributed by atoms with Gasteiger partial charge in [0.25, 0.3) is 0 Å². The molecule has 2 aromatic carbocycles. The summed E-state index contributed by atoms with van der Waals surface area (Å²) < 4.78 is 2.78. The summed E-state index contributed by atoms with van der Waals surface area (Å²) in [5.41, 5.74) is 1.58. The van der Waals surface area contributed by atoms with Crippen LogP contribution in [-0.2, 0) is 4.79 Å². The second kappa shape index (κ2) is 4.38. The number of amides is 1. The van der Waals surface area contributed by atoms with Crippen molar-refractivity contribution in [2.75, 3.05) is 0 Å². The average molecular weight is 257 g/mol. The molecule has 1 aliphatic heterocycles. The predicted molar refractivity (Wildman–Crippen MR) is 70.4 cm³/mol. The van der Waals surface area contributed by atoms with Crippen molar-refractivity contribution in [3.05, 3.63) is 59.7 Å². The number of fused-ring (bicyclic) bond motifs is 1. The zero-order valence-electron chi connectivity index (χ0n) is 9.46. The quantitative estimate of drug-likeness (QED) is 0.772. The lowest BCUT2D eigenvalue weighted by Gasteiger charge is -2.25. The highest BCUT2D eigenvalue weighted by Gasteiger charge is 2.31. The fourth-order valence-electron chi connectivity index (χ4n) is 2.16. The number of phenolic OH excluding ortho intramolecular Hbond substituents is 1. The molecule has 1 unspecified atom stereocenters. The number of rotatable bonds is 1. The molecule has 3 rings (SSSR count). The third-order valence-corrected chi connectivity index (χ3v) is 3.90. The summed E-state index contributed by atoms with van der Waals surface area (Å²) in [5, 5.41) is 9.92. The fraction of sp³-hybridized carbons (Fsp3) is 0.0714. The summed E-state index contributed by atoms with van der Waals surface area (Å²) in [5.74, 6) is -0.386. The zero-order valence-corrected chi connectivity index (χ0v) is 10.3. The number of carbonyl (C=O) groups excluding carboxylic acids is 1. The monoisotopic (exact) mass is 257 g/mol. The van der Waals surface area contributed by atoms with Crippen LogP contribution < -0.4 is 4.72 Å². The number of carbonyl (C=O) groups is 1. The summed E-state index contributed by atoms with van der Waals surface area (Å²) in [6.07, 6.45) is 0. The number of hydrogen-bond donors (Lipinski definition) is 2. The highest BCUT2D eigenvalue weighted by molar-refractivity contribution is 7.98. The standard InChI is InChI=1S/C14H11NO2S/c16-11-7-3-1-5-9(11)13-10-6-2-4-8-12(10)18-15-14(13)17/h1-8,13,16H,(H,15,17). The molecule has 3 nitrogen and oxygen atoms in total. The van der Waals surface area contributed by atoms with Gasteiger partial charge in [0.1, 0.15) is 5.75 Å². The van der Waals surface area contributed by atoms with Crippen molar-refractivity contribution in [2.45, 2.75) is 10.8 Å². The summed E-state index contributed by atoms with van der Waals surface area (Å²) >= 11 is 1.32. The molecule has 2 aromatic rings. The van der Waals surface area contributed by atoms with E-state index in [-0.39, 0.29) is 11.7 Å². The Balaban J connectivity index is 2.17. The number of para-hydroxylation sites is 1. The summed E-state index contributed by atoms with van der Waals surface area (Å²) in [4.78, 5) is 13.1. The number of nitrogens with one attached hydrogen (secondary N) is 1. The van der Waals surface area contributed by atoms with Crippen LogP contribution in [0.1, 0.15) is 17.0 Å². The Hall–Kier alpha value is -1.94. The molecule has 1 atom stereocenters. The summed E-state index contributed by atoms with van der Waals surface area (Å²) in [7, 11) is 0. The molecular formula is C14H11NO2S. The van der Waals surface area contributed by atoms with Gasteiger partial charge in [-0.15, -0.1) is 0 Å². The molecule has 0 saturated carbocycles. The van der Waals surface area contributed by atoms with E-state index in [1.807, 2.05) is 30.3 Å². The molecule has 0 fully saturated rings. The topological polar surface area (TPSA) is 49.3 Å². The zero-order chi connectivity index (χ0) is 12.5. The normalized spacial score (nSPS) is 18.0. The largest absolute Gasteiger partial charge is 0.508 e. The van der Waals surface area contributed by atoms with Crippen LogP contribution in [0, 0.1) is 0 Å². The summed E-state index contributed by atoms with van der Waals surface area (Å²) in [6, 6.07) is 14.7. The van der Waals surface area contributed by atoms with E-state index in [4.69, 9.17) is 0 Å². The Bertz CT molecular complexity index is 612. The van der Waals surface area contributed by atoms with E-state index in [1.165, 1.54) is 11.9 Å².